The zero-order valence-electron chi connectivity index (χ0n) is 12.5. The van der Waals surface area contributed by atoms with Gasteiger partial charge in [-0.3, -0.25) is 4.79 Å². The molecule has 0 aliphatic carbocycles. The van der Waals surface area contributed by atoms with E-state index in [1.807, 2.05) is 11.8 Å². The molecule has 1 unspecified atom stereocenters. The molecule has 3 rings (SSSR count). The van der Waals surface area contributed by atoms with Gasteiger partial charge in [-0.1, -0.05) is 18.2 Å². The topological polar surface area (TPSA) is 23.6 Å². The van der Waals surface area contributed by atoms with E-state index >= 15 is 0 Å². The average molecular weight is 304 g/mol. The van der Waals surface area contributed by atoms with Gasteiger partial charge in [0.2, 0.25) is 5.91 Å². The highest BCUT2D eigenvalue weighted by atomic mass is 32.2. The van der Waals surface area contributed by atoms with Gasteiger partial charge in [0.25, 0.3) is 0 Å². The average Bonchev–Trinajstić information content (AvgIpc) is 2.95. The maximum atomic E-state index is 11.9. The first-order valence-electron chi connectivity index (χ1n) is 8.02. The van der Waals surface area contributed by atoms with Crippen LogP contribution >= 0.6 is 11.8 Å². The lowest BCUT2D eigenvalue weighted by Crippen LogP contribution is -2.48. The van der Waals surface area contributed by atoms with Crippen molar-refractivity contribution >= 4 is 17.7 Å². The van der Waals surface area contributed by atoms with E-state index in [0.717, 1.165) is 38.2 Å². The van der Waals surface area contributed by atoms with Crippen molar-refractivity contribution in [2.75, 3.05) is 31.9 Å². The lowest BCUT2D eigenvalue weighted by molar-refractivity contribution is -0.130. The second kappa shape index (κ2) is 7.32. The first-order chi connectivity index (χ1) is 10.3. The van der Waals surface area contributed by atoms with Crippen molar-refractivity contribution in [1.82, 2.24) is 9.80 Å². The molecule has 0 spiro atoms. The standard InChI is InChI=1S/C17H24N2OS/c20-17-9-5-11-19(17)15-6-4-10-18(14-15)12-13-21-16-7-2-1-3-8-16/h1-3,7-8,15H,4-6,9-14H2. The number of hydrogen-bond donors (Lipinski definition) is 0. The predicted molar refractivity (Wildman–Crippen MR) is 87.6 cm³/mol. The number of benzene rings is 1. The zero-order chi connectivity index (χ0) is 14.5. The van der Waals surface area contributed by atoms with Crippen LogP contribution in [0.5, 0.6) is 0 Å². The maximum absolute atomic E-state index is 11.9. The lowest BCUT2D eigenvalue weighted by atomic mass is 10.0. The molecule has 2 saturated heterocycles. The van der Waals surface area contributed by atoms with E-state index in [0.29, 0.717) is 11.9 Å². The molecule has 4 heteroatoms. The third-order valence-corrected chi connectivity index (χ3v) is 5.44. The van der Waals surface area contributed by atoms with Gasteiger partial charge in [0.1, 0.15) is 0 Å². The Kier molecular flexibility index (Phi) is 5.20. The molecule has 1 amide bonds. The molecule has 0 N–H and O–H groups in total. The molecule has 3 nitrogen and oxygen atoms in total. The second-order valence-electron chi connectivity index (χ2n) is 5.95. The van der Waals surface area contributed by atoms with Gasteiger partial charge < -0.3 is 9.80 Å². The number of likely N-dealkylation sites (tertiary alicyclic amines) is 2. The molecule has 2 fully saturated rings. The van der Waals surface area contributed by atoms with Crippen molar-refractivity contribution in [3.05, 3.63) is 30.3 Å². The minimum atomic E-state index is 0.375. The Labute approximate surface area is 131 Å². The first-order valence-corrected chi connectivity index (χ1v) is 9.01. The van der Waals surface area contributed by atoms with Gasteiger partial charge in [0.05, 0.1) is 0 Å². The molecule has 114 valence electrons. The number of carbonyl (C=O) groups is 1. The summed E-state index contributed by atoms with van der Waals surface area (Å²) in [5.41, 5.74) is 0. The molecular formula is C17H24N2OS. The SMILES string of the molecule is O=C1CCCN1C1CCCN(CCSc2ccccc2)C1. The summed E-state index contributed by atoms with van der Waals surface area (Å²) in [7, 11) is 0. The van der Waals surface area contributed by atoms with Crippen molar-refractivity contribution in [3.8, 4) is 0 Å². The van der Waals surface area contributed by atoms with E-state index in [4.69, 9.17) is 0 Å². The van der Waals surface area contributed by atoms with Gasteiger partial charge >= 0.3 is 0 Å². The number of thioether (sulfide) groups is 1. The normalized spacial score (nSPS) is 23.7. The Morgan fingerprint density at radius 1 is 1.14 bits per heavy atom. The first kappa shape index (κ1) is 14.9. The summed E-state index contributed by atoms with van der Waals surface area (Å²) in [4.78, 5) is 17.9. The zero-order valence-corrected chi connectivity index (χ0v) is 13.4. The Balaban J connectivity index is 1.44. The van der Waals surface area contributed by atoms with Crippen molar-refractivity contribution in [2.24, 2.45) is 0 Å². The van der Waals surface area contributed by atoms with Crippen LogP contribution in [-0.2, 0) is 4.79 Å². The largest absolute Gasteiger partial charge is 0.338 e. The van der Waals surface area contributed by atoms with Gasteiger partial charge in [-0.2, -0.15) is 0 Å². The fourth-order valence-corrected chi connectivity index (χ4v) is 4.29. The summed E-state index contributed by atoms with van der Waals surface area (Å²) < 4.78 is 0. The molecule has 0 bridgehead atoms. The molecule has 0 radical (unpaired) electrons. The van der Waals surface area contributed by atoms with E-state index in [1.165, 1.54) is 24.3 Å². The fraction of sp³-hybridized carbons (Fsp3) is 0.588. The lowest BCUT2D eigenvalue weighted by Gasteiger charge is -2.37. The predicted octanol–water partition coefficient (Wildman–Crippen LogP) is 2.87. The molecule has 0 aromatic heterocycles. The van der Waals surface area contributed by atoms with E-state index in [9.17, 15) is 4.79 Å². The molecule has 1 atom stereocenters. The van der Waals surface area contributed by atoms with Crippen LogP contribution in [0.4, 0.5) is 0 Å². The number of piperidine rings is 1. The van der Waals surface area contributed by atoms with E-state index in [-0.39, 0.29) is 0 Å². The number of hydrogen-bond acceptors (Lipinski definition) is 3. The minimum Gasteiger partial charge on any atom is -0.338 e. The molecule has 1 aromatic carbocycles. The maximum Gasteiger partial charge on any atom is 0.222 e. The third kappa shape index (κ3) is 4.01. The van der Waals surface area contributed by atoms with Crippen molar-refractivity contribution in [3.63, 3.8) is 0 Å². The molecule has 0 saturated carbocycles. The van der Waals surface area contributed by atoms with Crippen molar-refractivity contribution in [2.45, 2.75) is 36.6 Å². The van der Waals surface area contributed by atoms with Gasteiger partial charge in [-0.15, -0.1) is 11.8 Å². The molecule has 1 aromatic rings. The van der Waals surface area contributed by atoms with Crippen LogP contribution in [0.15, 0.2) is 35.2 Å². The minimum absolute atomic E-state index is 0.375. The second-order valence-corrected chi connectivity index (χ2v) is 7.12. The van der Waals surface area contributed by atoms with Gasteiger partial charge in [0, 0.05) is 42.7 Å². The summed E-state index contributed by atoms with van der Waals surface area (Å²) in [6.07, 6.45) is 4.23. The Morgan fingerprint density at radius 3 is 2.76 bits per heavy atom. The summed E-state index contributed by atoms with van der Waals surface area (Å²) >= 11 is 1.93. The molecule has 2 heterocycles. The molecule has 21 heavy (non-hydrogen) atoms. The van der Waals surface area contributed by atoms with Gasteiger partial charge in [0.15, 0.2) is 0 Å². The van der Waals surface area contributed by atoms with E-state index in [2.05, 4.69) is 40.1 Å². The van der Waals surface area contributed by atoms with Crippen molar-refractivity contribution < 1.29 is 4.79 Å². The third-order valence-electron chi connectivity index (χ3n) is 4.45. The van der Waals surface area contributed by atoms with Crippen LogP contribution in [0.1, 0.15) is 25.7 Å². The quantitative estimate of drug-likeness (QED) is 0.782. The van der Waals surface area contributed by atoms with E-state index < -0.39 is 0 Å². The highest BCUT2D eigenvalue weighted by molar-refractivity contribution is 7.99. The van der Waals surface area contributed by atoms with Crippen LogP contribution in [0.25, 0.3) is 0 Å². The smallest absolute Gasteiger partial charge is 0.222 e. The van der Waals surface area contributed by atoms with Crippen LogP contribution in [0.3, 0.4) is 0 Å². The summed E-state index contributed by atoms with van der Waals surface area (Å²) in [6, 6.07) is 11.1. The fourth-order valence-electron chi connectivity index (χ4n) is 3.35. The summed E-state index contributed by atoms with van der Waals surface area (Å²) in [6.45, 7) is 4.36. The summed E-state index contributed by atoms with van der Waals surface area (Å²) in [5, 5.41) is 0. The van der Waals surface area contributed by atoms with Crippen LogP contribution in [0, 0.1) is 0 Å². The monoisotopic (exact) mass is 304 g/mol. The number of rotatable bonds is 5. The highest BCUT2D eigenvalue weighted by Gasteiger charge is 2.30. The molecular weight excluding hydrogens is 280 g/mol. The van der Waals surface area contributed by atoms with Crippen molar-refractivity contribution in [1.29, 1.82) is 0 Å². The number of nitrogens with zero attached hydrogens (tertiary/aromatic N) is 2. The van der Waals surface area contributed by atoms with Gasteiger partial charge in [-0.05, 0) is 37.9 Å². The Hall–Kier alpha value is -1.00. The Morgan fingerprint density at radius 2 is 2.00 bits per heavy atom. The van der Waals surface area contributed by atoms with Crippen LogP contribution < -0.4 is 0 Å². The molecule has 2 aliphatic heterocycles. The highest BCUT2D eigenvalue weighted by Crippen LogP contribution is 2.22. The summed E-state index contributed by atoms with van der Waals surface area (Å²) in [5.74, 6) is 1.51. The van der Waals surface area contributed by atoms with Crippen LogP contribution in [0.2, 0.25) is 0 Å². The van der Waals surface area contributed by atoms with E-state index in [1.54, 1.807) is 0 Å². The number of carbonyl (C=O) groups excluding carboxylic acids is 1. The van der Waals surface area contributed by atoms with Gasteiger partial charge in [-0.25, -0.2) is 0 Å². The Bertz CT molecular complexity index is 465. The van der Waals surface area contributed by atoms with Crippen LogP contribution in [-0.4, -0.2) is 53.7 Å². The molecule has 2 aliphatic rings. The number of amides is 1.